The Bertz CT molecular complexity index is 844. The SMILES string of the molecule is C[C@@H](NC(=O)OCc1ccccc1)C(=O)Nc1cc2c(cc1Cl)OCCCO2. The molecule has 0 saturated carbocycles. The van der Waals surface area contributed by atoms with Crippen LogP contribution < -0.4 is 20.1 Å². The molecule has 2 aromatic carbocycles. The molecule has 2 N–H and O–H groups in total. The molecule has 1 heterocycles. The van der Waals surface area contributed by atoms with Crippen molar-refractivity contribution in [1.29, 1.82) is 0 Å². The minimum absolute atomic E-state index is 0.120. The summed E-state index contributed by atoms with van der Waals surface area (Å²) in [6.07, 6.45) is 0.0799. The number of fused-ring (bicyclic) bond motifs is 1. The molecule has 1 atom stereocenters. The predicted octanol–water partition coefficient (Wildman–Crippen LogP) is 3.75. The van der Waals surface area contributed by atoms with Gasteiger partial charge in [0.1, 0.15) is 12.6 Å². The van der Waals surface area contributed by atoms with Crippen molar-refractivity contribution in [1.82, 2.24) is 5.32 Å². The molecule has 1 aliphatic heterocycles. The molecule has 1 aliphatic rings. The maximum atomic E-state index is 12.4. The summed E-state index contributed by atoms with van der Waals surface area (Å²) >= 11 is 6.22. The fourth-order valence-corrected chi connectivity index (χ4v) is 2.73. The predicted molar refractivity (Wildman–Crippen MR) is 105 cm³/mol. The quantitative estimate of drug-likeness (QED) is 0.792. The van der Waals surface area contributed by atoms with Crippen molar-refractivity contribution in [2.75, 3.05) is 18.5 Å². The van der Waals surface area contributed by atoms with Gasteiger partial charge in [-0.2, -0.15) is 0 Å². The lowest BCUT2D eigenvalue weighted by atomic mass is 10.2. The van der Waals surface area contributed by atoms with Crippen molar-refractivity contribution < 1.29 is 23.8 Å². The van der Waals surface area contributed by atoms with E-state index in [9.17, 15) is 9.59 Å². The molecule has 0 aliphatic carbocycles. The number of carbonyl (C=O) groups is 2. The number of nitrogens with one attached hydrogen (secondary N) is 2. The molecule has 7 nitrogen and oxygen atoms in total. The number of hydrogen-bond donors (Lipinski definition) is 2. The third kappa shape index (κ3) is 5.29. The van der Waals surface area contributed by atoms with Crippen LogP contribution in [-0.4, -0.2) is 31.3 Å². The molecular formula is C20H21ClN2O5. The van der Waals surface area contributed by atoms with Crippen molar-refractivity contribution in [3.8, 4) is 11.5 Å². The first-order valence-electron chi connectivity index (χ1n) is 8.90. The second kappa shape index (κ2) is 9.32. The Morgan fingerprint density at radius 1 is 1.14 bits per heavy atom. The van der Waals surface area contributed by atoms with Gasteiger partial charge >= 0.3 is 6.09 Å². The summed E-state index contributed by atoms with van der Waals surface area (Å²) in [5.74, 6) is 0.615. The molecule has 28 heavy (non-hydrogen) atoms. The molecule has 0 radical (unpaired) electrons. The zero-order valence-electron chi connectivity index (χ0n) is 15.4. The Morgan fingerprint density at radius 2 is 1.82 bits per heavy atom. The summed E-state index contributed by atoms with van der Waals surface area (Å²) < 4.78 is 16.3. The molecule has 2 aromatic rings. The van der Waals surface area contributed by atoms with Crippen LogP contribution in [0, 0.1) is 0 Å². The number of alkyl carbamates (subject to hydrolysis) is 1. The first-order valence-corrected chi connectivity index (χ1v) is 9.28. The van der Waals surface area contributed by atoms with Crippen LogP contribution >= 0.6 is 11.6 Å². The van der Waals surface area contributed by atoms with Crippen LogP contribution in [-0.2, 0) is 16.1 Å². The Morgan fingerprint density at radius 3 is 2.54 bits per heavy atom. The Labute approximate surface area is 167 Å². The van der Waals surface area contributed by atoms with Crippen LogP contribution in [0.4, 0.5) is 10.5 Å². The number of ether oxygens (including phenoxy) is 3. The monoisotopic (exact) mass is 404 g/mol. The lowest BCUT2D eigenvalue weighted by Gasteiger charge is -2.16. The molecule has 8 heteroatoms. The fraction of sp³-hybridized carbons (Fsp3) is 0.300. The molecule has 148 valence electrons. The van der Waals surface area contributed by atoms with Crippen LogP contribution in [0.5, 0.6) is 11.5 Å². The Kier molecular flexibility index (Phi) is 6.60. The maximum Gasteiger partial charge on any atom is 0.408 e. The maximum absolute atomic E-state index is 12.4. The number of hydrogen-bond acceptors (Lipinski definition) is 5. The molecule has 3 rings (SSSR count). The number of halogens is 1. The molecular weight excluding hydrogens is 384 g/mol. The Hall–Kier alpha value is -2.93. The summed E-state index contributed by atoms with van der Waals surface area (Å²) in [6, 6.07) is 11.7. The van der Waals surface area contributed by atoms with Crippen LogP contribution in [0.25, 0.3) is 0 Å². The van der Waals surface area contributed by atoms with E-state index in [-0.39, 0.29) is 6.61 Å². The minimum atomic E-state index is -0.824. The second-order valence-electron chi connectivity index (χ2n) is 6.25. The van der Waals surface area contributed by atoms with Gasteiger partial charge in [0, 0.05) is 18.6 Å². The molecule has 0 unspecified atom stereocenters. The van der Waals surface area contributed by atoms with Gasteiger partial charge in [-0.3, -0.25) is 4.79 Å². The summed E-state index contributed by atoms with van der Waals surface area (Å²) in [6.45, 7) is 2.74. The molecule has 0 bridgehead atoms. The Balaban J connectivity index is 1.55. The molecule has 0 aromatic heterocycles. The lowest BCUT2D eigenvalue weighted by molar-refractivity contribution is -0.117. The number of rotatable bonds is 5. The van der Waals surface area contributed by atoms with E-state index in [1.54, 1.807) is 19.1 Å². The summed E-state index contributed by atoms with van der Waals surface area (Å²) in [5.41, 5.74) is 1.23. The van der Waals surface area contributed by atoms with E-state index in [4.69, 9.17) is 25.8 Å². The average molecular weight is 405 g/mol. The van der Waals surface area contributed by atoms with Gasteiger partial charge in [0.25, 0.3) is 0 Å². The van der Waals surface area contributed by atoms with Crippen molar-refractivity contribution in [3.05, 3.63) is 53.1 Å². The van der Waals surface area contributed by atoms with Crippen LogP contribution in [0.15, 0.2) is 42.5 Å². The highest BCUT2D eigenvalue weighted by molar-refractivity contribution is 6.34. The van der Waals surface area contributed by atoms with Crippen LogP contribution in [0.2, 0.25) is 5.02 Å². The van der Waals surface area contributed by atoms with Gasteiger partial charge in [0.2, 0.25) is 5.91 Å². The van der Waals surface area contributed by atoms with Crippen molar-refractivity contribution in [3.63, 3.8) is 0 Å². The lowest BCUT2D eigenvalue weighted by Crippen LogP contribution is -2.41. The molecule has 0 spiro atoms. The normalized spacial score (nSPS) is 13.8. The van der Waals surface area contributed by atoms with E-state index in [2.05, 4.69) is 10.6 Å². The third-order valence-electron chi connectivity index (χ3n) is 4.04. The fourth-order valence-electron chi connectivity index (χ4n) is 2.53. The van der Waals surface area contributed by atoms with Gasteiger partial charge in [-0.25, -0.2) is 4.79 Å². The number of anilines is 1. The van der Waals surface area contributed by atoms with Gasteiger partial charge in [0.15, 0.2) is 11.5 Å². The standard InChI is InChI=1S/C20H21ClN2O5/c1-13(22-20(25)28-12-14-6-3-2-4-7-14)19(24)23-16-11-18-17(10-15(16)21)26-8-5-9-27-18/h2-4,6-7,10-11,13H,5,8-9,12H2,1H3,(H,22,25)(H,23,24)/t13-/m1/s1. The van der Waals surface area contributed by atoms with E-state index < -0.39 is 18.0 Å². The number of carbonyl (C=O) groups excluding carboxylic acids is 2. The van der Waals surface area contributed by atoms with Gasteiger partial charge in [0.05, 0.1) is 23.9 Å². The number of benzene rings is 2. The largest absolute Gasteiger partial charge is 0.490 e. The van der Waals surface area contributed by atoms with Crippen molar-refractivity contribution in [2.45, 2.75) is 26.0 Å². The summed E-state index contributed by atoms with van der Waals surface area (Å²) in [4.78, 5) is 24.3. The highest BCUT2D eigenvalue weighted by atomic mass is 35.5. The van der Waals surface area contributed by atoms with Gasteiger partial charge < -0.3 is 24.8 Å². The zero-order chi connectivity index (χ0) is 19.9. The number of amides is 2. The van der Waals surface area contributed by atoms with E-state index in [1.165, 1.54) is 0 Å². The summed E-state index contributed by atoms with van der Waals surface area (Å²) in [7, 11) is 0. The minimum Gasteiger partial charge on any atom is -0.490 e. The smallest absolute Gasteiger partial charge is 0.408 e. The van der Waals surface area contributed by atoms with E-state index in [0.717, 1.165) is 12.0 Å². The van der Waals surface area contributed by atoms with Gasteiger partial charge in [-0.15, -0.1) is 0 Å². The van der Waals surface area contributed by atoms with Crippen molar-refractivity contribution >= 4 is 29.3 Å². The molecule has 2 amide bonds. The van der Waals surface area contributed by atoms with Crippen molar-refractivity contribution in [2.24, 2.45) is 0 Å². The average Bonchev–Trinajstić information content (AvgIpc) is 2.92. The zero-order valence-corrected chi connectivity index (χ0v) is 16.1. The van der Waals surface area contributed by atoms with E-state index in [0.29, 0.717) is 35.4 Å². The highest BCUT2D eigenvalue weighted by Crippen LogP contribution is 2.37. The second-order valence-corrected chi connectivity index (χ2v) is 6.65. The van der Waals surface area contributed by atoms with Gasteiger partial charge in [-0.1, -0.05) is 41.9 Å². The van der Waals surface area contributed by atoms with Gasteiger partial charge in [-0.05, 0) is 12.5 Å². The van der Waals surface area contributed by atoms with Crippen LogP contribution in [0.3, 0.4) is 0 Å². The molecule has 0 saturated heterocycles. The third-order valence-corrected chi connectivity index (χ3v) is 4.35. The first kappa shape index (κ1) is 19.8. The highest BCUT2D eigenvalue weighted by Gasteiger charge is 2.20. The first-order chi connectivity index (χ1) is 13.5. The molecule has 0 fully saturated rings. The topological polar surface area (TPSA) is 85.9 Å². The van der Waals surface area contributed by atoms with Crippen LogP contribution in [0.1, 0.15) is 18.9 Å². The summed E-state index contributed by atoms with van der Waals surface area (Å²) in [5, 5.41) is 5.49. The van der Waals surface area contributed by atoms with E-state index >= 15 is 0 Å². The van der Waals surface area contributed by atoms with E-state index in [1.807, 2.05) is 30.3 Å².